The zero-order valence-electron chi connectivity index (χ0n) is 15.0. The molecule has 1 fully saturated rings. The van der Waals surface area contributed by atoms with Crippen molar-refractivity contribution in [3.63, 3.8) is 0 Å². The van der Waals surface area contributed by atoms with Crippen LogP contribution < -0.4 is 0 Å². The third-order valence-electron chi connectivity index (χ3n) is 5.28. The van der Waals surface area contributed by atoms with E-state index in [2.05, 4.69) is 65.5 Å². The second-order valence-electron chi connectivity index (χ2n) is 6.92. The molecule has 1 atom stereocenters. The van der Waals surface area contributed by atoms with Crippen molar-refractivity contribution >= 4 is 22.8 Å². The highest BCUT2D eigenvalue weighted by Crippen LogP contribution is 2.26. The van der Waals surface area contributed by atoms with Crippen molar-refractivity contribution in [3.05, 3.63) is 48.3 Å². The molecule has 1 N–H and O–H groups in total. The van der Waals surface area contributed by atoms with Crippen molar-refractivity contribution in [2.24, 2.45) is 0 Å². The highest BCUT2D eigenvalue weighted by molar-refractivity contribution is 7.98. The standard InChI is InChI=1S/C21H25N3S/c1-15-4-3-12-24(15)13-11-21-22-19-10-7-17(14-20(19)23-21)16-5-8-18(25-2)9-6-16/h5-10,14-15H,3-4,11-13H2,1-2H3,(H,22,23)/t15-/m1/s1. The van der Waals surface area contributed by atoms with Gasteiger partial charge in [0.2, 0.25) is 0 Å². The topological polar surface area (TPSA) is 31.9 Å². The van der Waals surface area contributed by atoms with E-state index in [1.807, 2.05) is 0 Å². The number of nitrogens with one attached hydrogen (secondary N) is 1. The van der Waals surface area contributed by atoms with Gasteiger partial charge < -0.3 is 9.88 Å². The van der Waals surface area contributed by atoms with Gasteiger partial charge in [-0.3, -0.25) is 0 Å². The van der Waals surface area contributed by atoms with Gasteiger partial charge in [0.1, 0.15) is 5.82 Å². The number of fused-ring (bicyclic) bond motifs is 1. The Hall–Kier alpha value is -1.78. The van der Waals surface area contributed by atoms with Gasteiger partial charge in [0.25, 0.3) is 0 Å². The molecule has 0 bridgehead atoms. The number of imidazole rings is 1. The Bertz CT molecular complexity index is 853. The van der Waals surface area contributed by atoms with Crippen molar-refractivity contribution in [2.45, 2.75) is 37.1 Å². The Morgan fingerprint density at radius 2 is 1.96 bits per heavy atom. The van der Waals surface area contributed by atoms with E-state index >= 15 is 0 Å². The number of benzene rings is 2. The van der Waals surface area contributed by atoms with Gasteiger partial charge in [-0.1, -0.05) is 18.2 Å². The van der Waals surface area contributed by atoms with Crippen LogP contribution >= 0.6 is 11.8 Å². The summed E-state index contributed by atoms with van der Waals surface area (Å²) >= 11 is 1.77. The Kier molecular flexibility index (Phi) is 4.82. The van der Waals surface area contributed by atoms with Gasteiger partial charge in [-0.15, -0.1) is 11.8 Å². The number of hydrogen-bond donors (Lipinski definition) is 1. The lowest BCUT2D eigenvalue weighted by atomic mass is 10.1. The molecule has 4 rings (SSSR count). The van der Waals surface area contributed by atoms with Crippen LogP contribution in [0.25, 0.3) is 22.2 Å². The fourth-order valence-electron chi connectivity index (χ4n) is 3.71. The summed E-state index contributed by atoms with van der Waals surface area (Å²) in [6, 6.07) is 16.0. The van der Waals surface area contributed by atoms with E-state index in [4.69, 9.17) is 4.98 Å². The average molecular weight is 352 g/mol. The molecule has 1 aliphatic heterocycles. The fourth-order valence-corrected chi connectivity index (χ4v) is 4.12. The second kappa shape index (κ2) is 7.22. The summed E-state index contributed by atoms with van der Waals surface area (Å²) < 4.78 is 0. The number of likely N-dealkylation sites (tertiary alicyclic amines) is 1. The van der Waals surface area contributed by atoms with E-state index < -0.39 is 0 Å². The van der Waals surface area contributed by atoms with Gasteiger partial charge >= 0.3 is 0 Å². The van der Waals surface area contributed by atoms with Crippen molar-refractivity contribution in [2.75, 3.05) is 19.3 Å². The van der Waals surface area contributed by atoms with E-state index in [1.165, 1.54) is 35.4 Å². The summed E-state index contributed by atoms with van der Waals surface area (Å²) in [5.74, 6) is 1.10. The van der Waals surface area contributed by atoms with Crippen LogP contribution in [0.15, 0.2) is 47.4 Å². The maximum atomic E-state index is 4.83. The lowest BCUT2D eigenvalue weighted by Crippen LogP contribution is -2.29. The van der Waals surface area contributed by atoms with E-state index in [9.17, 15) is 0 Å². The molecule has 4 heteroatoms. The zero-order chi connectivity index (χ0) is 17.2. The smallest absolute Gasteiger partial charge is 0.108 e. The first kappa shape index (κ1) is 16.7. The molecular weight excluding hydrogens is 326 g/mol. The lowest BCUT2D eigenvalue weighted by molar-refractivity contribution is 0.271. The predicted octanol–water partition coefficient (Wildman–Crippen LogP) is 4.98. The number of nitrogens with zero attached hydrogens (tertiary/aromatic N) is 2. The monoisotopic (exact) mass is 351 g/mol. The van der Waals surface area contributed by atoms with Crippen molar-refractivity contribution in [1.29, 1.82) is 0 Å². The van der Waals surface area contributed by atoms with Crippen molar-refractivity contribution in [3.8, 4) is 11.1 Å². The van der Waals surface area contributed by atoms with Crippen LogP contribution in [0.1, 0.15) is 25.6 Å². The third-order valence-corrected chi connectivity index (χ3v) is 6.03. The molecule has 3 nitrogen and oxygen atoms in total. The Morgan fingerprint density at radius 3 is 2.68 bits per heavy atom. The molecule has 0 amide bonds. The second-order valence-corrected chi connectivity index (χ2v) is 7.80. The molecule has 0 radical (unpaired) electrons. The SMILES string of the molecule is CSc1ccc(-c2ccc3[nH]c(CCN4CCC[C@H]4C)nc3c2)cc1. The summed E-state index contributed by atoms with van der Waals surface area (Å²) in [5.41, 5.74) is 4.67. The van der Waals surface area contributed by atoms with Gasteiger partial charge in [0.05, 0.1) is 11.0 Å². The van der Waals surface area contributed by atoms with Gasteiger partial charge in [-0.2, -0.15) is 0 Å². The maximum Gasteiger partial charge on any atom is 0.108 e. The number of aromatic amines is 1. The van der Waals surface area contributed by atoms with E-state index in [1.54, 1.807) is 11.8 Å². The van der Waals surface area contributed by atoms with Crippen LogP contribution in [0.4, 0.5) is 0 Å². The normalized spacial score (nSPS) is 18.2. The number of aromatic nitrogens is 2. The molecule has 0 spiro atoms. The van der Waals surface area contributed by atoms with Crippen molar-refractivity contribution < 1.29 is 0 Å². The molecule has 25 heavy (non-hydrogen) atoms. The Labute approximate surface area is 153 Å². The Balaban J connectivity index is 1.52. The minimum atomic E-state index is 0.722. The average Bonchev–Trinajstić information content (AvgIpc) is 3.24. The molecule has 0 saturated carbocycles. The van der Waals surface area contributed by atoms with Crippen LogP contribution in [-0.4, -0.2) is 40.3 Å². The minimum Gasteiger partial charge on any atom is -0.342 e. The van der Waals surface area contributed by atoms with Crippen LogP contribution in [0.3, 0.4) is 0 Å². The third kappa shape index (κ3) is 3.60. The quantitative estimate of drug-likeness (QED) is 0.658. The van der Waals surface area contributed by atoms with Crippen LogP contribution in [-0.2, 0) is 6.42 Å². The predicted molar refractivity (Wildman–Crippen MR) is 107 cm³/mol. The summed E-state index contributed by atoms with van der Waals surface area (Å²) in [5, 5.41) is 0. The number of H-pyrrole nitrogens is 1. The molecule has 0 unspecified atom stereocenters. The molecule has 1 saturated heterocycles. The fraction of sp³-hybridized carbons (Fsp3) is 0.381. The van der Waals surface area contributed by atoms with Crippen LogP contribution in [0.2, 0.25) is 0 Å². The summed E-state index contributed by atoms with van der Waals surface area (Å²) in [6.07, 6.45) is 5.77. The number of rotatable bonds is 5. The summed E-state index contributed by atoms with van der Waals surface area (Å²) in [7, 11) is 0. The number of hydrogen-bond acceptors (Lipinski definition) is 3. The van der Waals surface area contributed by atoms with Gasteiger partial charge in [-0.05, 0) is 68.0 Å². The molecule has 1 aliphatic rings. The molecule has 0 aliphatic carbocycles. The molecular formula is C21H25N3S. The zero-order valence-corrected chi connectivity index (χ0v) is 15.8. The van der Waals surface area contributed by atoms with E-state index in [0.717, 1.165) is 35.9 Å². The van der Waals surface area contributed by atoms with Crippen molar-refractivity contribution in [1.82, 2.24) is 14.9 Å². The Morgan fingerprint density at radius 1 is 1.16 bits per heavy atom. The molecule has 2 heterocycles. The molecule has 1 aromatic heterocycles. The largest absolute Gasteiger partial charge is 0.342 e. The minimum absolute atomic E-state index is 0.722. The highest BCUT2D eigenvalue weighted by atomic mass is 32.2. The van der Waals surface area contributed by atoms with Crippen LogP contribution in [0, 0.1) is 0 Å². The highest BCUT2D eigenvalue weighted by Gasteiger charge is 2.19. The molecule has 130 valence electrons. The first-order chi connectivity index (χ1) is 12.2. The van der Waals surface area contributed by atoms with Gasteiger partial charge in [-0.25, -0.2) is 4.98 Å². The molecule has 3 aromatic rings. The summed E-state index contributed by atoms with van der Waals surface area (Å²) in [6.45, 7) is 4.67. The van der Waals surface area contributed by atoms with Gasteiger partial charge in [0, 0.05) is 23.9 Å². The lowest BCUT2D eigenvalue weighted by Gasteiger charge is -2.19. The van der Waals surface area contributed by atoms with E-state index in [-0.39, 0.29) is 0 Å². The number of thioether (sulfide) groups is 1. The first-order valence-electron chi connectivity index (χ1n) is 9.10. The first-order valence-corrected chi connectivity index (χ1v) is 10.3. The molecule has 2 aromatic carbocycles. The van der Waals surface area contributed by atoms with E-state index in [0.29, 0.717) is 0 Å². The summed E-state index contributed by atoms with van der Waals surface area (Å²) in [4.78, 5) is 12.2. The van der Waals surface area contributed by atoms with Crippen LogP contribution in [0.5, 0.6) is 0 Å². The maximum absolute atomic E-state index is 4.83. The van der Waals surface area contributed by atoms with Gasteiger partial charge in [0.15, 0.2) is 0 Å².